The zero-order chi connectivity index (χ0) is 17.2. The van der Waals surface area contributed by atoms with Gasteiger partial charge >= 0.3 is 5.51 Å². The second-order valence-corrected chi connectivity index (χ2v) is 6.23. The number of carbonyl (C=O) groups excluding carboxylic acids is 1. The summed E-state index contributed by atoms with van der Waals surface area (Å²) in [5.74, 6) is -0.242. The molecular weight excluding hydrogens is 339 g/mol. The minimum Gasteiger partial charge on any atom is -0.326 e. The van der Waals surface area contributed by atoms with Crippen LogP contribution in [0, 0.1) is 0 Å². The molecular formula is C16H12F3N3OS. The Bertz CT molecular complexity index is 859. The highest BCUT2D eigenvalue weighted by molar-refractivity contribution is 8.00. The molecule has 8 heteroatoms. The van der Waals surface area contributed by atoms with Crippen molar-refractivity contribution in [3.05, 3.63) is 54.2 Å². The molecule has 0 fully saturated rings. The molecule has 1 amide bonds. The maximum absolute atomic E-state index is 12.3. The Labute approximate surface area is 139 Å². The summed E-state index contributed by atoms with van der Waals surface area (Å²) in [4.78, 5) is 12.1. The number of halogens is 3. The summed E-state index contributed by atoms with van der Waals surface area (Å²) < 4.78 is 36.8. The number of rotatable bonds is 4. The third-order valence-electron chi connectivity index (χ3n) is 3.25. The second-order valence-electron chi connectivity index (χ2n) is 5.09. The molecule has 0 aliphatic rings. The predicted molar refractivity (Wildman–Crippen MR) is 86.8 cm³/mol. The molecule has 24 heavy (non-hydrogen) atoms. The van der Waals surface area contributed by atoms with E-state index in [9.17, 15) is 18.0 Å². The molecule has 2 aromatic carbocycles. The van der Waals surface area contributed by atoms with Crippen LogP contribution in [0.25, 0.3) is 10.9 Å². The van der Waals surface area contributed by atoms with E-state index >= 15 is 0 Å². The monoisotopic (exact) mass is 351 g/mol. The molecule has 0 aliphatic carbocycles. The number of amides is 1. The van der Waals surface area contributed by atoms with E-state index in [4.69, 9.17) is 0 Å². The first kappa shape index (κ1) is 16.4. The number of benzene rings is 2. The van der Waals surface area contributed by atoms with Gasteiger partial charge in [-0.25, -0.2) is 0 Å². The fourth-order valence-corrected chi connectivity index (χ4v) is 2.76. The number of nitrogens with one attached hydrogen (secondary N) is 2. The van der Waals surface area contributed by atoms with Gasteiger partial charge < -0.3 is 5.32 Å². The third-order valence-corrected chi connectivity index (χ3v) is 3.98. The standard InChI is InChI=1S/C16H12F3N3OS/c17-16(18,19)24-13-4-1-10(2-5-13)7-15(23)21-12-3-6-14-11(8-12)9-20-22-14/h1-6,8-9H,7H2,(H,20,22)(H,21,23). The van der Waals surface area contributed by atoms with Crippen molar-refractivity contribution in [1.82, 2.24) is 10.2 Å². The fourth-order valence-electron chi connectivity index (χ4n) is 2.22. The van der Waals surface area contributed by atoms with Gasteiger partial charge in [-0.1, -0.05) is 12.1 Å². The summed E-state index contributed by atoms with van der Waals surface area (Å²) in [6, 6.07) is 11.1. The van der Waals surface area contributed by atoms with Gasteiger partial charge in [0.1, 0.15) is 0 Å². The van der Waals surface area contributed by atoms with Crippen molar-refractivity contribution in [3.63, 3.8) is 0 Å². The summed E-state index contributed by atoms with van der Waals surface area (Å²) in [7, 11) is 0. The Hall–Kier alpha value is -2.48. The van der Waals surface area contributed by atoms with Gasteiger partial charge in [0.2, 0.25) is 5.91 Å². The Morgan fingerprint density at radius 1 is 1.17 bits per heavy atom. The highest BCUT2D eigenvalue weighted by atomic mass is 32.2. The smallest absolute Gasteiger partial charge is 0.326 e. The van der Waals surface area contributed by atoms with Crippen LogP contribution in [0.3, 0.4) is 0 Å². The van der Waals surface area contributed by atoms with Crippen molar-refractivity contribution in [2.75, 3.05) is 5.32 Å². The number of carbonyl (C=O) groups is 1. The molecule has 3 rings (SSSR count). The zero-order valence-electron chi connectivity index (χ0n) is 12.2. The summed E-state index contributed by atoms with van der Waals surface area (Å²) in [5, 5.41) is 10.4. The molecule has 0 unspecified atom stereocenters. The van der Waals surface area contributed by atoms with E-state index in [1.807, 2.05) is 0 Å². The zero-order valence-corrected chi connectivity index (χ0v) is 13.0. The molecule has 0 spiro atoms. The van der Waals surface area contributed by atoms with Gasteiger partial charge in [-0.05, 0) is 47.7 Å². The maximum atomic E-state index is 12.3. The van der Waals surface area contributed by atoms with E-state index in [1.165, 1.54) is 24.3 Å². The van der Waals surface area contributed by atoms with Gasteiger partial charge in [0.15, 0.2) is 0 Å². The summed E-state index contributed by atoms with van der Waals surface area (Å²) in [5.41, 5.74) is -2.17. The first-order valence-corrected chi connectivity index (χ1v) is 7.78. The Balaban J connectivity index is 1.61. The molecule has 3 aromatic rings. The molecule has 4 nitrogen and oxygen atoms in total. The highest BCUT2D eigenvalue weighted by Crippen LogP contribution is 2.36. The van der Waals surface area contributed by atoms with Crippen molar-refractivity contribution in [1.29, 1.82) is 0 Å². The quantitative estimate of drug-likeness (QED) is 0.687. The van der Waals surface area contributed by atoms with Gasteiger partial charge in [0.05, 0.1) is 18.1 Å². The van der Waals surface area contributed by atoms with Crippen molar-refractivity contribution in [2.45, 2.75) is 16.8 Å². The van der Waals surface area contributed by atoms with E-state index in [2.05, 4.69) is 15.5 Å². The van der Waals surface area contributed by atoms with E-state index in [-0.39, 0.29) is 29.0 Å². The van der Waals surface area contributed by atoms with Crippen molar-refractivity contribution in [2.24, 2.45) is 0 Å². The van der Waals surface area contributed by atoms with Crippen LogP contribution >= 0.6 is 11.8 Å². The molecule has 0 atom stereocenters. The Morgan fingerprint density at radius 3 is 2.62 bits per heavy atom. The minimum atomic E-state index is -4.31. The number of aromatic amines is 1. The van der Waals surface area contributed by atoms with E-state index in [0.717, 1.165) is 10.9 Å². The average Bonchev–Trinajstić information content (AvgIpc) is 2.95. The normalized spacial score (nSPS) is 11.6. The molecule has 0 radical (unpaired) electrons. The summed E-state index contributed by atoms with van der Waals surface area (Å²) in [6.45, 7) is 0. The van der Waals surface area contributed by atoms with Crippen LogP contribution in [0.1, 0.15) is 5.56 Å². The van der Waals surface area contributed by atoms with Gasteiger partial charge in [0, 0.05) is 16.0 Å². The van der Waals surface area contributed by atoms with E-state index in [1.54, 1.807) is 24.4 Å². The summed E-state index contributed by atoms with van der Waals surface area (Å²) >= 11 is -0.177. The lowest BCUT2D eigenvalue weighted by atomic mass is 10.1. The van der Waals surface area contributed by atoms with Gasteiger partial charge in [-0.15, -0.1) is 0 Å². The maximum Gasteiger partial charge on any atom is 0.446 e. The minimum absolute atomic E-state index is 0.0837. The van der Waals surface area contributed by atoms with Crippen molar-refractivity contribution in [3.8, 4) is 0 Å². The largest absolute Gasteiger partial charge is 0.446 e. The second kappa shape index (κ2) is 6.56. The number of anilines is 1. The Morgan fingerprint density at radius 2 is 1.92 bits per heavy atom. The molecule has 1 aromatic heterocycles. The third kappa shape index (κ3) is 4.29. The number of H-pyrrole nitrogens is 1. The van der Waals surface area contributed by atoms with Gasteiger partial charge in [-0.2, -0.15) is 18.3 Å². The first-order valence-electron chi connectivity index (χ1n) is 6.97. The van der Waals surface area contributed by atoms with Crippen molar-refractivity contribution < 1.29 is 18.0 Å². The van der Waals surface area contributed by atoms with E-state index < -0.39 is 5.51 Å². The predicted octanol–water partition coefficient (Wildman–Crippen LogP) is 4.36. The van der Waals surface area contributed by atoms with Crippen LogP contribution < -0.4 is 5.32 Å². The number of thioether (sulfide) groups is 1. The number of hydrogen-bond acceptors (Lipinski definition) is 3. The SMILES string of the molecule is O=C(Cc1ccc(SC(F)(F)F)cc1)Nc1ccc2[nH]ncc2c1. The van der Waals surface area contributed by atoms with Crippen LogP contribution in [-0.4, -0.2) is 21.6 Å². The number of alkyl halides is 3. The molecule has 1 heterocycles. The van der Waals surface area contributed by atoms with Gasteiger partial charge in [0.25, 0.3) is 0 Å². The average molecular weight is 351 g/mol. The molecule has 0 saturated heterocycles. The van der Waals surface area contributed by atoms with Crippen LogP contribution in [-0.2, 0) is 11.2 Å². The lowest BCUT2D eigenvalue weighted by molar-refractivity contribution is -0.115. The topological polar surface area (TPSA) is 57.8 Å². The molecule has 2 N–H and O–H groups in total. The number of aromatic nitrogens is 2. The highest BCUT2D eigenvalue weighted by Gasteiger charge is 2.29. The summed E-state index contributed by atoms with van der Waals surface area (Å²) in [6.07, 6.45) is 1.74. The number of fused-ring (bicyclic) bond motifs is 1. The molecule has 0 bridgehead atoms. The Kier molecular flexibility index (Phi) is 4.48. The molecule has 0 saturated carbocycles. The van der Waals surface area contributed by atoms with Gasteiger partial charge in [-0.3, -0.25) is 9.89 Å². The van der Waals surface area contributed by atoms with E-state index in [0.29, 0.717) is 11.3 Å². The number of hydrogen-bond donors (Lipinski definition) is 2. The van der Waals surface area contributed by atoms with Crippen LogP contribution in [0.2, 0.25) is 0 Å². The van der Waals surface area contributed by atoms with Crippen LogP contribution in [0.15, 0.2) is 53.6 Å². The van der Waals surface area contributed by atoms with Crippen LogP contribution in [0.5, 0.6) is 0 Å². The molecule has 124 valence electrons. The molecule has 0 aliphatic heterocycles. The lowest BCUT2D eigenvalue weighted by Crippen LogP contribution is -2.14. The van der Waals surface area contributed by atoms with Crippen molar-refractivity contribution >= 4 is 34.3 Å². The van der Waals surface area contributed by atoms with Crippen LogP contribution in [0.4, 0.5) is 18.9 Å². The lowest BCUT2D eigenvalue weighted by Gasteiger charge is -2.07. The first-order chi connectivity index (χ1) is 11.4. The fraction of sp³-hybridized carbons (Fsp3) is 0.125. The number of nitrogens with zero attached hydrogens (tertiary/aromatic N) is 1.